The maximum atomic E-state index is 13.6. The molecule has 0 fully saturated rings. The van der Waals surface area contributed by atoms with E-state index in [9.17, 15) is 23.1 Å². The van der Waals surface area contributed by atoms with Crippen LogP contribution in [0.3, 0.4) is 0 Å². The number of carbonyl (C=O) groups excluding carboxylic acids is 2. The highest BCUT2D eigenvalue weighted by atomic mass is 32.2. The van der Waals surface area contributed by atoms with Gasteiger partial charge in [0.1, 0.15) is 10.3 Å². The maximum absolute atomic E-state index is 13.6. The lowest BCUT2D eigenvalue weighted by atomic mass is 9.99. The number of para-hydroxylation sites is 1. The molecule has 0 bridgehead atoms. The Bertz CT molecular complexity index is 1400. The Morgan fingerprint density at radius 2 is 1.92 bits per heavy atom. The molecule has 1 aliphatic rings. The lowest BCUT2D eigenvalue weighted by Crippen LogP contribution is -2.50. The van der Waals surface area contributed by atoms with Gasteiger partial charge < -0.3 is 20.1 Å². The molecule has 208 valence electrons. The van der Waals surface area contributed by atoms with Crippen LogP contribution in [0.2, 0.25) is 0 Å². The summed E-state index contributed by atoms with van der Waals surface area (Å²) in [7, 11) is -2.25. The van der Waals surface area contributed by atoms with Crippen molar-refractivity contribution in [2.45, 2.75) is 36.6 Å². The zero-order valence-electron chi connectivity index (χ0n) is 22.1. The van der Waals surface area contributed by atoms with Crippen LogP contribution in [0.25, 0.3) is 0 Å². The maximum Gasteiger partial charge on any atom is 0.258 e. The van der Waals surface area contributed by atoms with E-state index in [-0.39, 0.29) is 59.4 Å². The SMILES string of the molecule is C[C@H](CO)N1C[C@H](C)[C@@H](CN(C)S(=O)(=O)c2cccs2)Oc2c(NC(=O)Cc3ccccc3)cccc2C1=O. The number of amides is 2. The average molecular weight is 572 g/mol. The van der Waals surface area contributed by atoms with Crippen molar-refractivity contribution in [2.24, 2.45) is 5.92 Å². The van der Waals surface area contributed by atoms with Gasteiger partial charge in [0.15, 0.2) is 5.75 Å². The van der Waals surface area contributed by atoms with Gasteiger partial charge in [0.2, 0.25) is 5.91 Å². The Kier molecular flexibility index (Phi) is 9.06. The molecule has 2 amide bonds. The molecule has 39 heavy (non-hydrogen) atoms. The summed E-state index contributed by atoms with van der Waals surface area (Å²) in [6.45, 7) is 3.66. The van der Waals surface area contributed by atoms with Gasteiger partial charge in [0, 0.05) is 19.5 Å². The van der Waals surface area contributed by atoms with Gasteiger partial charge in [-0.2, -0.15) is 4.31 Å². The highest BCUT2D eigenvalue weighted by Crippen LogP contribution is 2.35. The second-order valence-corrected chi connectivity index (χ2v) is 13.0. The van der Waals surface area contributed by atoms with Crippen molar-refractivity contribution in [3.05, 3.63) is 77.2 Å². The fourth-order valence-corrected chi connectivity index (χ4v) is 6.83. The predicted octanol–water partition coefficient (Wildman–Crippen LogP) is 3.47. The number of nitrogens with zero attached hydrogens (tertiary/aromatic N) is 2. The van der Waals surface area contributed by atoms with Crippen LogP contribution in [-0.2, 0) is 21.2 Å². The number of hydrogen-bond donors (Lipinski definition) is 2. The number of benzene rings is 2. The van der Waals surface area contributed by atoms with Crippen molar-refractivity contribution in [1.29, 1.82) is 0 Å². The Balaban J connectivity index is 1.69. The van der Waals surface area contributed by atoms with E-state index in [2.05, 4.69) is 5.32 Å². The van der Waals surface area contributed by atoms with E-state index in [4.69, 9.17) is 4.74 Å². The van der Waals surface area contributed by atoms with Gasteiger partial charge in [0.25, 0.3) is 15.9 Å². The first-order valence-electron chi connectivity index (χ1n) is 12.7. The van der Waals surface area contributed by atoms with Crippen LogP contribution in [0.15, 0.2) is 70.3 Å². The van der Waals surface area contributed by atoms with Gasteiger partial charge in [-0.1, -0.05) is 49.4 Å². The summed E-state index contributed by atoms with van der Waals surface area (Å²) in [4.78, 5) is 28.1. The monoisotopic (exact) mass is 571 g/mol. The summed E-state index contributed by atoms with van der Waals surface area (Å²) in [5.74, 6) is -0.742. The number of thiophene rings is 1. The zero-order valence-corrected chi connectivity index (χ0v) is 23.7. The molecular formula is C28H33N3O6S2. The third kappa shape index (κ3) is 6.50. The minimum absolute atomic E-state index is 0.0165. The third-order valence-corrected chi connectivity index (χ3v) is 9.97. The minimum Gasteiger partial charge on any atom is -0.486 e. The zero-order chi connectivity index (χ0) is 28.2. The first-order chi connectivity index (χ1) is 18.6. The van der Waals surface area contributed by atoms with E-state index in [0.717, 1.165) is 16.9 Å². The minimum atomic E-state index is -3.74. The molecule has 0 saturated heterocycles. The van der Waals surface area contributed by atoms with E-state index >= 15 is 0 Å². The Morgan fingerprint density at radius 1 is 1.18 bits per heavy atom. The number of rotatable bonds is 9. The molecule has 2 heterocycles. The number of likely N-dealkylation sites (N-methyl/N-ethyl adjacent to an activating group) is 1. The van der Waals surface area contributed by atoms with Crippen molar-refractivity contribution in [1.82, 2.24) is 9.21 Å². The fraction of sp³-hybridized carbons (Fsp3) is 0.357. The van der Waals surface area contributed by atoms with E-state index < -0.39 is 22.2 Å². The van der Waals surface area contributed by atoms with Crippen molar-refractivity contribution >= 4 is 38.9 Å². The van der Waals surface area contributed by atoms with Gasteiger partial charge in [-0.05, 0) is 36.1 Å². The molecule has 3 atom stereocenters. The number of anilines is 1. The van der Waals surface area contributed by atoms with E-state index in [1.165, 1.54) is 11.4 Å². The van der Waals surface area contributed by atoms with Gasteiger partial charge in [-0.3, -0.25) is 9.59 Å². The molecule has 2 N–H and O–H groups in total. The first kappa shape index (κ1) is 28.8. The Labute approximate surface area is 233 Å². The van der Waals surface area contributed by atoms with Crippen molar-refractivity contribution in [2.75, 3.05) is 32.1 Å². The summed E-state index contributed by atoms with van der Waals surface area (Å²) < 4.78 is 34.2. The second kappa shape index (κ2) is 12.3. The number of fused-ring (bicyclic) bond motifs is 1. The second-order valence-electron chi connectivity index (χ2n) is 9.73. The average Bonchev–Trinajstić information content (AvgIpc) is 3.47. The number of sulfonamides is 1. The van der Waals surface area contributed by atoms with Crippen LogP contribution in [0.4, 0.5) is 5.69 Å². The molecule has 1 aromatic heterocycles. The molecule has 0 aliphatic carbocycles. The fourth-order valence-electron chi connectivity index (χ4n) is 4.45. The lowest BCUT2D eigenvalue weighted by molar-refractivity contribution is -0.115. The van der Waals surface area contributed by atoms with Gasteiger partial charge in [-0.25, -0.2) is 8.42 Å². The molecule has 0 radical (unpaired) electrons. The molecule has 1 aliphatic heterocycles. The number of hydrogen-bond acceptors (Lipinski definition) is 7. The summed E-state index contributed by atoms with van der Waals surface area (Å²) in [5, 5.41) is 14.4. The molecular weight excluding hydrogens is 538 g/mol. The third-order valence-electron chi connectivity index (χ3n) is 6.77. The quantitative estimate of drug-likeness (QED) is 0.406. The van der Waals surface area contributed by atoms with Crippen LogP contribution in [0, 0.1) is 5.92 Å². The van der Waals surface area contributed by atoms with Gasteiger partial charge in [-0.15, -0.1) is 11.3 Å². The van der Waals surface area contributed by atoms with Gasteiger partial charge >= 0.3 is 0 Å². The Morgan fingerprint density at radius 3 is 2.59 bits per heavy atom. The molecule has 3 aromatic rings. The summed E-state index contributed by atoms with van der Waals surface area (Å²) in [5.41, 5.74) is 1.38. The predicted molar refractivity (Wildman–Crippen MR) is 151 cm³/mol. The number of nitrogens with one attached hydrogen (secondary N) is 1. The van der Waals surface area contributed by atoms with Crippen LogP contribution in [-0.4, -0.2) is 73.4 Å². The highest BCUT2D eigenvalue weighted by molar-refractivity contribution is 7.91. The summed E-state index contributed by atoms with van der Waals surface area (Å²) >= 11 is 1.14. The lowest BCUT2D eigenvalue weighted by Gasteiger charge is -2.38. The van der Waals surface area contributed by atoms with E-state index in [1.54, 1.807) is 47.5 Å². The smallest absolute Gasteiger partial charge is 0.258 e. The molecule has 0 unspecified atom stereocenters. The Hall–Kier alpha value is -3.25. The van der Waals surface area contributed by atoms with Crippen LogP contribution in [0.1, 0.15) is 29.8 Å². The molecule has 11 heteroatoms. The molecule has 4 rings (SSSR count). The van der Waals surface area contributed by atoms with Crippen molar-refractivity contribution in [3.8, 4) is 5.75 Å². The van der Waals surface area contributed by atoms with Crippen LogP contribution in [0.5, 0.6) is 5.75 Å². The van der Waals surface area contributed by atoms with E-state index in [0.29, 0.717) is 5.69 Å². The topological polar surface area (TPSA) is 116 Å². The molecule has 2 aromatic carbocycles. The number of carbonyl (C=O) groups is 2. The highest BCUT2D eigenvalue weighted by Gasteiger charge is 2.36. The largest absolute Gasteiger partial charge is 0.486 e. The van der Waals surface area contributed by atoms with Crippen molar-refractivity contribution in [3.63, 3.8) is 0 Å². The van der Waals surface area contributed by atoms with Crippen LogP contribution >= 0.6 is 11.3 Å². The summed E-state index contributed by atoms with van der Waals surface area (Å²) in [6.07, 6.45) is -0.523. The van der Waals surface area contributed by atoms with Gasteiger partial charge in [0.05, 0.1) is 36.9 Å². The number of ether oxygens (including phenoxy) is 1. The molecule has 0 saturated carbocycles. The number of aliphatic hydroxyl groups excluding tert-OH is 1. The number of aliphatic hydroxyl groups is 1. The standard InChI is InChI=1S/C28H33N3O6S2/c1-19-16-31(20(2)18-32)28(34)22-11-7-12-23(29-25(33)15-21-9-5-4-6-10-21)27(22)37-24(19)17-30(3)39(35,36)26-13-8-14-38-26/h4-14,19-20,24,32H,15-18H2,1-3H3,(H,29,33)/t19-,20+,24+/m0/s1. The normalized spacial score (nSPS) is 18.6. The van der Waals surface area contributed by atoms with E-state index in [1.807, 2.05) is 37.3 Å². The summed E-state index contributed by atoms with van der Waals surface area (Å²) in [6, 6.07) is 17.0. The van der Waals surface area contributed by atoms with Crippen molar-refractivity contribution < 1.29 is 27.9 Å². The first-order valence-corrected chi connectivity index (χ1v) is 15.0. The molecule has 0 spiro atoms. The molecule has 9 nitrogen and oxygen atoms in total. The van der Waals surface area contributed by atoms with Crippen LogP contribution < -0.4 is 10.1 Å².